The second-order valence-electron chi connectivity index (χ2n) is 3.87. The van der Waals surface area contributed by atoms with Crippen LogP contribution in [0.5, 0.6) is 0 Å². The van der Waals surface area contributed by atoms with Crippen molar-refractivity contribution >= 4 is 33.0 Å². The van der Waals surface area contributed by atoms with Gasteiger partial charge in [-0.1, -0.05) is 13.0 Å². The molecule has 0 radical (unpaired) electrons. The fourth-order valence-electron chi connectivity index (χ4n) is 1.25. The zero-order valence-corrected chi connectivity index (χ0v) is 11.8. The van der Waals surface area contributed by atoms with Crippen molar-refractivity contribution in [3.63, 3.8) is 0 Å². The van der Waals surface area contributed by atoms with Crippen LogP contribution in [0.3, 0.4) is 0 Å². The van der Waals surface area contributed by atoms with E-state index in [9.17, 15) is 8.42 Å². The van der Waals surface area contributed by atoms with E-state index in [2.05, 4.69) is 0 Å². The molecule has 0 spiro atoms. The van der Waals surface area contributed by atoms with Crippen molar-refractivity contribution in [2.75, 3.05) is 18.7 Å². The van der Waals surface area contributed by atoms with Gasteiger partial charge in [0.25, 0.3) is 0 Å². The molecule has 0 aliphatic heterocycles. The molecular weight excluding hydrogens is 266 g/mol. The van der Waals surface area contributed by atoms with E-state index in [0.717, 1.165) is 4.88 Å². The van der Waals surface area contributed by atoms with Gasteiger partial charge in [0, 0.05) is 24.3 Å². The molecule has 0 fully saturated rings. The monoisotopic (exact) mass is 281 g/mol. The van der Waals surface area contributed by atoms with E-state index in [0.29, 0.717) is 12.4 Å². The van der Waals surface area contributed by atoms with Gasteiger partial charge in [-0.3, -0.25) is 0 Å². The Hall–Kier alpha value is -0.100. The summed E-state index contributed by atoms with van der Waals surface area (Å²) in [6.45, 7) is 2.28. The molecule has 1 aromatic heterocycles. The number of sulfonamides is 1. The van der Waals surface area contributed by atoms with Crippen LogP contribution in [0, 0.1) is 5.92 Å². The summed E-state index contributed by atoms with van der Waals surface area (Å²) in [5, 5.41) is 1.94. The van der Waals surface area contributed by atoms with E-state index in [-0.39, 0.29) is 11.7 Å². The van der Waals surface area contributed by atoms with Gasteiger partial charge in [-0.15, -0.1) is 22.9 Å². The van der Waals surface area contributed by atoms with Crippen LogP contribution in [0.15, 0.2) is 17.5 Å². The fraction of sp³-hybridized carbons (Fsp3) is 0.600. The van der Waals surface area contributed by atoms with E-state index in [1.165, 1.54) is 4.31 Å². The molecule has 1 aromatic rings. The Balaban J connectivity index is 2.62. The van der Waals surface area contributed by atoms with Crippen molar-refractivity contribution in [2.45, 2.75) is 13.5 Å². The molecule has 0 saturated heterocycles. The van der Waals surface area contributed by atoms with Crippen molar-refractivity contribution in [1.29, 1.82) is 0 Å². The van der Waals surface area contributed by atoms with E-state index in [1.54, 1.807) is 18.4 Å². The van der Waals surface area contributed by atoms with E-state index in [1.807, 2.05) is 24.4 Å². The molecule has 92 valence electrons. The maximum atomic E-state index is 11.9. The van der Waals surface area contributed by atoms with Crippen molar-refractivity contribution < 1.29 is 8.42 Å². The van der Waals surface area contributed by atoms with Gasteiger partial charge < -0.3 is 0 Å². The van der Waals surface area contributed by atoms with Gasteiger partial charge in [0.05, 0.1) is 5.75 Å². The van der Waals surface area contributed by atoms with Crippen LogP contribution in [0.2, 0.25) is 0 Å². The second-order valence-corrected chi connectivity index (χ2v) is 7.33. The molecule has 1 atom stereocenters. The van der Waals surface area contributed by atoms with Gasteiger partial charge in [0.2, 0.25) is 10.0 Å². The number of hydrogen-bond donors (Lipinski definition) is 0. The summed E-state index contributed by atoms with van der Waals surface area (Å²) in [7, 11) is -1.59. The van der Waals surface area contributed by atoms with E-state index in [4.69, 9.17) is 11.6 Å². The Morgan fingerprint density at radius 3 is 2.75 bits per heavy atom. The van der Waals surface area contributed by atoms with Gasteiger partial charge in [-0.25, -0.2) is 8.42 Å². The largest absolute Gasteiger partial charge is 0.214 e. The summed E-state index contributed by atoms with van der Waals surface area (Å²) >= 11 is 7.18. The van der Waals surface area contributed by atoms with Crippen LogP contribution in [-0.4, -0.2) is 31.4 Å². The third-order valence-corrected chi connectivity index (χ3v) is 5.65. The average Bonchev–Trinajstić information content (AvgIpc) is 2.69. The van der Waals surface area contributed by atoms with Gasteiger partial charge in [0.15, 0.2) is 0 Å². The summed E-state index contributed by atoms with van der Waals surface area (Å²) in [5.74, 6) is 0.460. The molecular formula is C10H16ClNO2S2. The number of alkyl halides is 1. The van der Waals surface area contributed by atoms with Crippen molar-refractivity contribution in [3.05, 3.63) is 22.4 Å². The van der Waals surface area contributed by atoms with Gasteiger partial charge in [-0.05, 0) is 17.4 Å². The third kappa shape index (κ3) is 4.05. The van der Waals surface area contributed by atoms with E-state index >= 15 is 0 Å². The average molecular weight is 282 g/mol. The molecule has 0 aliphatic carbocycles. The first kappa shape index (κ1) is 14.0. The third-order valence-electron chi connectivity index (χ3n) is 2.19. The fourth-order valence-corrected chi connectivity index (χ4v) is 3.76. The molecule has 1 unspecified atom stereocenters. The maximum Gasteiger partial charge on any atom is 0.214 e. The predicted molar refractivity (Wildman–Crippen MR) is 69.5 cm³/mol. The summed E-state index contributed by atoms with van der Waals surface area (Å²) in [5.41, 5.74) is 0. The lowest BCUT2D eigenvalue weighted by Gasteiger charge is -2.18. The second kappa shape index (κ2) is 6.00. The molecule has 1 rings (SSSR count). The van der Waals surface area contributed by atoms with Crippen LogP contribution < -0.4 is 0 Å². The SMILES string of the molecule is CC(CCl)CS(=O)(=O)N(C)Cc1cccs1. The lowest BCUT2D eigenvalue weighted by atomic mass is 10.3. The van der Waals surface area contributed by atoms with Crippen LogP contribution in [-0.2, 0) is 16.6 Å². The Morgan fingerprint density at radius 2 is 2.25 bits per heavy atom. The molecule has 0 aliphatic rings. The molecule has 6 heteroatoms. The van der Waals surface area contributed by atoms with Crippen molar-refractivity contribution in [1.82, 2.24) is 4.31 Å². The molecule has 0 saturated carbocycles. The first-order valence-corrected chi connectivity index (χ1v) is 8.00. The van der Waals surface area contributed by atoms with Crippen LogP contribution in [0.4, 0.5) is 0 Å². The summed E-state index contributed by atoms with van der Waals surface area (Å²) in [6.07, 6.45) is 0. The highest BCUT2D eigenvalue weighted by molar-refractivity contribution is 7.89. The molecule has 1 heterocycles. The Kier molecular flexibility index (Phi) is 5.24. The van der Waals surface area contributed by atoms with E-state index < -0.39 is 10.0 Å². The molecule has 16 heavy (non-hydrogen) atoms. The summed E-state index contributed by atoms with van der Waals surface area (Å²) in [4.78, 5) is 1.05. The van der Waals surface area contributed by atoms with Crippen molar-refractivity contribution in [2.24, 2.45) is 5.92 Å². The first-order chi connectivity index (χ1) is 7.45. The number of hydrogen-bond acceptors (Lipinski definition) is 3. The number of rotatable bonds is 6. The van der Waals surface area contributed by atoms with Gasteiger partial charge in [0.1, 0.15) is 0 Å². The maximum absolute atomic E-state index is 11.9. The number of thiophene rings is 1. The zero-order valence-electron chi connectivity index (χ0n) is 9.39. The zero-order chi connectivity index (χ0) is 12.2. The quantitative estimate of drug-likeness (QED) is 0.751. The Morgan fingerprint density at radius 1 is 1.56 bits per heavy atom. The Bertz CT molecular complexity index is 402. The molecule has 0 aromatic carbocycles. The minimum Gasteiger partial charge on any atom is -0.212 e. The van der Waals surface area contributed by atoms with Crippen molar-refractivity contribution in [3.8, 4) is 0 Å². The number of nitrogens with zero attached hydrogens (tertiary/aromatic N) is 1. The topological polar surface area (TPSA) is 37.4 Å². The minimum atomic E-state index is -3.19. The smallest absolute Gasteiger partial charge is 0.212 e. The highest BCUT2D eigenvalue weighted by atomic mass is 35.5. The minimum absolute atomic E-state index is 0.0162. The van der Waals surface area contributed by atoms with Gasteiger partial charge >= 0.3 is 0 Å². The standard InChI is InChI=1S/C10H16ClNO2S2/c1-9(6-11)8-16(13,14)12(2)7-10-4-3-5-15-10/h3-5,9H,6-8H2,1-2H3. The lowest BCUT2D eigenvalue weighted by molar-refractivity contribution is 0.463. The number of halogens is 1. The highest BCUT2D eigenvalue weighted by Gasteiger charge is 2.21. The molecule has 0 amide bonds. The molecule has 0 N–H and O–H groups in total. The first-order valence-electron chi connectivity index (χ1n) is 4.98. The van der Waals surface area contributed by atoms with Crippen LogP contribution >= 0.6 is 22.9 Å². The lowest BCUT2D eigenvalue weighted by Crippen LogP contribution is -2.31. The highest BCUT2D eigenvalue weighted by Crippen LogP contribution is 2.15. The van der Waals surface area contributed by atoms with Crippen LogP contribution in [0.25, 0.3) is 0 Å². The Labute approximate surface area is 106 Å². The van der Waals surface area contributed by atoms with Gasteiger partial charge in [-0.2, -0.15) is 4.31 Å². The molecule has 3 nitrogen and oxygen atoms in total. The predicted octanol–water partition coefficient (Wildman–Crippen LogP) is 2.38. The normalized spacial score (nSPS) is 14.2. The van der Waals surface area contributed by atoms with Crippen LogP contribution in [0.1, 0.15) is 11.8 Å². The molecule has 0 bridgehead atoms. The summed E-state index contributed by atoms with van der Waals surface area (Å²) < 4.78 is 25.2. The summed E-state index contributed by atoms with van der Waals surface area (Å²) in [6, 6.07) is 3.85.